The largest absolute Gasteiger partial charge is 0.416 e. The Morgan fingerprint density at radius 2 is 1.85 bits per heavy atom. The lowest BCUT2D eigenvalue weighted by atomic mass is 9.94. The van der Waals surface area contributed by atoms with Crippen LogP contribution < -0.4 is 0 Å². The second-order valence-corrected chi connectivity index (χ2v) is 11.1. The van der Waals surface area contributed by atoms with Crippen LogP contribution in [-0.2, 0) is 10.9 Å². The molecule has 0 amide bonds. The van der Waals surface area contributed by atoms with Crippen LogP contribution in [0.15, 0.2) is 48.7 Å². The zero-order valence-electron chi connectivity index (χ0n) is 21.2. The number of hydrogen-bond donors (Lipinski definition) is 4. The van der Waals surface area contributed by atoms with E-state index in [2.05, 4.69) is 10.3 Å². The van der Waals surface area contributed by atoms with Gasteiger partial charge in [-0.05, 0) is 37.6 Å². The van der Waals surface area contributed by atoms with Gasteiger partial charge < -0.3 is 25.2 Å². The number of thioether (sulfide) groups is 1. The third-order valence-corrected chi connectivity index (χ3v) is 8.27. The molecule has 6 atom stereocenters. The number of aromatic nitrogens is 3. The van der Waals surface area contributed by atoms with Crippen LogP contribution in [0.3, 0.4) is 0 Å². The van der Waals surface area contributed by atoms with Crippen molar-refractivity contribution in [3.05, 3.63) is 71.2 Å². The van der Waals surface area contributed by atoms with Crippen LogP contribution in [-0.4, -0.2) is 71.4 Å². The fourth-order valence-corrected chi connectivity index (χ4v) is 6.03. The third kappa shape index (κ3) is 5.99. The lowest BCUT2D eigenvalue weighted by Gasteiger charge is -2.44. The summed E-state index contributed by atoms with van der Waals surface area (Å²) in [6.07, 6.45) is -7.80. The minimum atomic E-state index is -4.72. The Morgan fingerprint density at radius 3 is 2.45 bits per heavy atom. The fourth-order valence-electron chi connectivity index (χ4n) is 4.55. The van der Waals surface area contributed by atoms with E-state index in [4.69, 9.17) is 10.00 Å². The monoisotopic (exact) mass is 582 g/mol. The maximum absolute atomic E-state index is 14.1. The molecule has 4 rings (SSSR count). The van der Waals surface area contributed by atoms with Gasteiger partial charge >= 0.3 is 6.18 Å². The standard InChI is InChI=1S/C26H26F4N4O5S/c1-25(2,38)23(15-5-3-4-6-16(15)26(28,29)30)40-24-22(37)20(21(36)19(12-35)39-24)34-11-18(32-33-34)13-7-8-14(10-31)17(27)9-13/h3-9,11,19-24,35-38H,12H2,1-2H3/t19-,20+,21+,22-,23-,24+/m1/s1. The molecule has 40 heavy (non-hydrogen) atoms. The predicted octanol–water partition coefficient (Wildman–Crippen LogP) is 3.20. The highest BCUT2D eigenvalue weighted by Gasteiger charge is 2.49. The molecule has 1 aromatic heterocycles. The molecule has 0 bridgehead atoms. The summed E-state index contributed by atoms with van der Waals surface area (Å²) in [5.41, 5.74) is -4.03. The molecule has 9 nitrogen and oxygen atoms in total. The maximum atomic E-state index is 14.1. The Balaban J connectivity index is 1.69. The molecule has 1 aliphatic heterocycles. The Morgan fingerprint density at radius 1 is 1.15 bits per heavy atom. The highest BCUT2D eigenvalue weighted by molar-refractivity contribution is 8.00. The normalized spacial score (nSPS) is 24.5. The second kappa shape index (κ2) is 11.4. The first-order valence-electron chi connectivity index (χ1n) is 12.0. The van der Waals surface area contributed by atoms with E-state index in [1.807, 2.05) is 0 Å². The van der Waals surface area contributed by atoms with Crippen molar-refractivity contribution < 1.29 is 42.7 Å². The van der Waals surface area contributed by atoms with Crippen molar-refractivity contribution in [2.75, 3.05) is 6.61 Å². The van der Waals surface area contributed by atoms with Crippen LogP contribution in [0.2, 0.25) is 0 Å². The fraction of sp³-hybridized carbons (Fsp3) is 0.423. The van der Waals surface area contributed by atoms with Crippen LogP contribution >= 0.6 is 11.8 Å². The molecule has 0 radical (unpaired) electrons. The Labute approximate surface area is 230 Å². The lowest BCUT2D eigenvalue weighted by Crippen LogP contribution is -2.55. The first-order chi connectivity index (χ1) is 18.8. The van der Waals surface area contributed by atoms with Crippen LogP contribution in [0.4, 0.5) is 17.6 Å². The van der Waals surface area contributed by atoms with Crippen molar-refractivity contribution in [1.29, 1.82) is 5.26 Å². The number of nitriles is 1. The van der Waals surface area contributed by atoms with Gasteiger partial charge in [0, 0.05) is 5.56 Å². The van der Waals surface area contributed by atoms with Crippen molar-refractivity contribution in [3.63, 3.8) is 0 Å². The first kappa shape index (κ1) is 29.9. The van der Waals surface area contributed by atoms with Crippen LogP contribution in [0.5, 0.6) is 0 Å². The van der Waals surface area contributed by atoms with E-state index in [0.29, 0.717) is 11.8 Å². The molecule has 0 unspecified atom stereocenters. The van der Waals surface area contributed by atoms with Crippen LogP contribution in [0.25, 0.3) is 11.3 Å². The SMILES string of the molecule is CC(C)(O)[C@H](S[C@@H]1O[C@H](CO)[C@H](O)[C@H](n2cc(-c3ccc(C#N)c(F)c3)nn2)[C@H]1O)c1ccccc1C(F)(F)F. The predicted molar refractivity (Wildman–Crippen MR) is 135 cm³/mol. The quantitative estimate of drug-likeness (QED) is 0.309. The molecular weight excluding hydrogens is 556 g/mol. The van der Waals surface area contributed by atoms with Crippen molar-refractivity contribution in [3.8, 4) is 17.3 Å². The third-order valence-electron chi connectivity index (χ3n) is 6.51. The van der Waals surface area contributed by atoms with E-state index in [1.54, 1.807) is 6.07 Å². The van der Waals surface area contributed by atoms with E-state index in [9.17, 15) is 38.0 Å². The van der Waals surface area contributed by atoms with Crippen molar-refractivity contribution in [2.24, 2.45) is 0 Å². The number of rotatable bonds is 7. The summed E-state index contributed by atoms with van der Waals surface area (Å²) in [5, 5.41) is 58.5. The molecule has 14 heteroatoms. The summed E-state index contributed by atoms with van der Waals surface area (Å²) in [7, 11) is 0. The molecule has 0 saturated carbocycles. The summed E-state index contributed by atoms with van der Waals surface area (Å²) < 4.78 is 62.4. The molecule has 0 spiro atoms. The van der Waals surface area contributed by atoms with Gasteiger partial charge in [0.2, 0.25) is 0 Å². The molecule has 2 aromatic carbocycles. The second-order valence-electron chi connectivity index (χ2n) is 9.84. The van der Waals surface area contributed by atoms with E-state index in [-0.39, 0.29) is 22.4 Å². The lowest BCUT2D eigenvalue weighted by molar-refractivity contribution is -0.179. The van der Waals surface area contributed by atoms with Crippen molar-refractivity contribution >= 4 is 11.8 Å². The molecule has 2 heterocycles. The van der Waals surface area contributed by atoms with Gasteiger partial charge in [-0.25, -0.2) is 9.07 Å². The maximum Gasteiger partial charge on any atom is 0.416 e. The van der Waals surface area contributed by atoms with Crippen LogP contribution in [0, 0.1) is 17.1 Å². The number of benzene rings is 2. The Hall–Kier alpha value is -3.06. The van der Waals surface area contributed by atoms with Gasteiger partial charge in [-0.1, -0.05) is 29.5 Å². The number of hydrogen-bond acceptors (Lipinski definition) is 9. The molecule has 1 saturated heterocycles. The summed E-state index contributed by atoms with van der Waals surface area (Å²) in [6, 6.07) is 8.92. The molecule has 4 N–H and O–H groups in total. The van der Waals surface area contributed by atoms with Gasteiger partial charge in [0.25, 0.3) is 0 Å². The van der Waals surface area contributed by atoms with E-state index < -0.39 is 64.8 Å². The average molecular weight is 583 g/mol. The molecule has 1 aliphatic rings. The molecule has 0 aliphatic carbocycles. The molecule has 1 fully saturated rings. The van der Waals surface area contributed by atoms with E-state index >= 15 is 0 Å². The number of halogens is 4. The van der Waals surface area contributed by atoms with E-state index in [0.717, 1.165) is 16.8 Å². The van der Waals surface area contributed by atoms with Gasteiger partial charge in [0.15, 0.2) is 0 Å². The summed E-state index contributed by atoms with van der Waals surface area (Å²) in [6.45, 7) is 1.95. The highest BCUT2D eigenvalue weighted by Crippen LogP contribution is 2.48. The number of nitrogens with zero attached hydrogens (tertiary/aromatic N) is 4. The first-order valence-corrected chi connectivity index (χ1v) is 13.0. The number of aliphatic hydroxyl groups excluding tert-OH is 3. The average Bonchev–Trinajstić information content (AvgIpc) is 3.37. The van der Waals surface area contributed by atoms with Gasteiger partial charge in [0.05, 0.1) is 34.8 Å². The molecular formula is C26H26F4N4O5S. The Kier molecular flexibility index (Phi) is 8.55. The number of aliphatic hydroxyl groups is 4. The van der Waals surface area contributed by atoms with Gasteiger partial charge in [-0.3, -0.25) is 0 Å². The Bertz CT molecular complexity index is 1390. The van der Waals surface area contributed by atoms with Crippen LogP contribution in [0.1, 0.15) is 41.8 Å². The van der Waals surface area contributed by atoms with Gasteiger partial charge in [-0.15, -0.1) is 16.9 Å². The summed E-state index contributed by atoms with van der Waals surface area (Å²) in [5.74, 6) is -0.783. The van der Waals surface area contributed by atoms with E-state index in [1.165, 1.54) is 50.4 Å². The van der Waals surface area contributed by atoms with Gasteiger partial charge in [0.1, 0.15) is 47.4 Å². The summed E-state index contributed by atoms with van der Waals surface area (Å²) in [4.78, 5) is 0. The van der Waals surface area contributed by atoms with Crippen molar-refractivity contribution in [2.45, 2.75) is 60.7 Å². The minimum absolute atomic E-state index is 0.146. The zero-order chi connectivity index (χ0) is 29.4. The minimum Gasteiger partial charge on any atom is -0.394 e. The number of ether oxygens (including phenoxy) is 1. The number of alkyl halides is 3. The van der Waals surface area contributed by atoms with Gasteiger partial charge in [-0.2, -0.15) is 18.4 Å². The molecule has 214 valence electrons. The van der Waals surface area contributed by atoms with Crippen molar-refractivity contribution in [1.82, 2.24) is 15.0 Å². The molecule has 3 aromatic rings. The smallest absolute Gasteiger partial charge is 0.394 e. The summed E-state index contributed by atoms with van der Waals surface area (Å²) >= 11 is 0.707. The topological polar surface area (TPSA) is 145 Å². The highest BCUT2D eigenvalue weighted by atomic mass is 32.2. The zero-order valence-corrected chi connectivity index (χ0v) is 22.0.